The molecule has 5 nitrogen and oxygen atoms in total. The zero-order valence-electron chi connectivity index (χ0n) is 15.0. The van der Waals surface area contributed by atoms with Gasteiger partial charge in [0.15, 0.2) is 5.96 Å². The van der Waals surface area contributed by atoms with E-state index in [4.69, 9.17) is 4.42 Å². The van der Waals surface area contributed by atoms with E-state index in [-0.39, 0.29) is 0 Å². The summed E-state index contributed by atoms with van der Waals surface area (Å²) in [4.78, 5) is 9.10. The van der Waals surface area contributed by atoms with Gasteiger partial charge in [0, 0.05) is 18.7 Å². The number of nitrogens with zero attached hydrogens (tertiary/aromatic N) is 2. The first-order valence-corrected chi connectivity index (χ1v) is 8.91. The SMILES string of the molecule is CCNC(=NCc1coc(-c2ccccc2)n1)NCCc1ccccc1. The average molecular weight is 348 g/mol. The van der Waals surface area contributed by atoms with Crippen LogP contribution < -0.4 is 10.6 Å². The summed E-state index contributed by atoms with van der Waals surface area (Å²) >= 11 is 0. The van der Waals surface area contributed by atoms with Crippen molar-refractivity contribution in [3.63, 3.8) is 0 Å². The summed E-state index contributed by atoms with van der Waals surface area (Å²) < 4.78 is 5.56. The molecule has 0 fully saturated rings. The van der Waals surface area contributed by atoms with Crippen LogP contribution in [0.4, 0.5) is 0 Å². The second-order valence-corrected chi connectivity index (χ2v) is 5.87. The van der Waals surface area contributed by atoms with E-state index in [2.05, 4.69) is 51.8 Å². The molecule has 0 saturated heterocycles. The lowest BCUT2D eigenvalue weighted by Crippen LogP contribution is -2.38. The number of hydrogen-bond acceptors (Lipinski definition) is 3. The normalized spacial score (nSPS) is 11.3. The van der Waals surface area contributed by atoms with Crippen LogP contribution in [0.1, 0.15) is 18.2 Å². The van der Waals surface area contributed by atoms with Crippen LogP contribution in [0.25, 0.3) is 11.5 Å². The van der Waals surface area contributed by atoms with Crippen LogP contribution in [0.3, 0.4) is 0 Å². The van der Waals surface area contributed by atoms with Crippen LogP contribution in [0.2, 0.25) is 0 Å². The molecule has 0 atom stereocenters. The molecule has 1 heterocycles. The highest BCUT2D eigenvalue weighted by Gasteiger charge is 2.06. The van der Waals surface area contributed by atoms with Gasteiger partial charge in [-0.05, 0) is 31.0 Å². The van der Waals surface area contributed by atoms with Crippen LogP contribution in [-0.4, -0.2) is 24.0 Å². The quantitative estimate of drug-likeness (QED) is 0.505. The summed E-state index contributed by atoms with van der Waals surface area (Å²) in [6, 6.07) is 20.3. The van der Waals surface area contributed by atoms with Crippen LogP contribution >= 0.6 is 0 Å². The molecular weight excluding hydrogens is 324 g/mol. The highest BCUT2D eigenvalue weighted by molar-refractivity contribution is 5.79. The molecule has 3 aromatic rings. The molecule has 5 heteroatoms. The van der Waals surface area contributed by atoms with Gasteiger partial charge in [0.1, 0.15) is 12.0 Å². The molecule has 0 aliphatic rings. The van der Waals surface area contributed by atoms with Crippen LogP contribution in [0.15, 0.2) is 76.3 Å². The summed E-state index contributed by atoms with van der Waals surface area (Å²) in [5, 5.41) is 6.62. The van der Waals surface area contributed by atoms with E-state index in [0.717, 1.165) is 36.7 Å². The maximum Gasteiger partial charge on any atom is 0.226 e. The first kappa shape index (κ1) is 17.7. The minimum absolute atomic E-state index is 0.469. The lowest BCUT2D eigenvalue weighted by atomic mass is 10.1. The summed E-state index contributed by atoms with van der Waals surface area (Å²) in [6.07, 6.45) is 2.62. The molecule has 0 amide bonds. The fourth-order valence-electron chi connectivity index (χ4n) is 2.56. The van der Waals surface area contributed by atoms with Crippen molar-refractivity contribution in [2.24, 2.45) is 4.99 Å². The minimum Gasteiger partial charge on any atom is -0.444 e. The Morgan fingerprint density at radius 1 is 1.00 bits per heavy atom. The molecular formula is C21H24N4O. The van der Waals surface area contributed by atoms with Crippen molar-refractivity contribution in [1.29, 1.82) is 0 Å². The summed E-state index contributed by atoms with van der Waals surface area (Å²) in [6.45, 7) is 4.16. The van der Waals surface area contributed by atoms with Crippen molar-refractivity contribution in [3.05, 3.63) is 78.2 Å². The minimum atomic E-state index is 0.469. The molecule has 2 aromatic carbocycles. The lowest BCUT2D eigenvalue weighted by Gasteiger charge is -2.10. The van der Waals surface area contributed by atoms with Gasteiger partial charge in [-0.1, -0.05) is 48.5 Å². The molecule has 1 aromatic heterocycles. The first-order chi connectivity index (χ1) is 12.8. The molecule has 0 unspecified atom stereocenters. The maximum absolute atomic E-state index is 5.56. The molecule has 0 bridgehead atoms. The molecule has 0 saturated carbocycles. The number of aromatic nitrogens is 1. The molecule has 0 aliphatic carbocycles. The Bertz CT molecular complexity index is 812. The van der Waals surface area contributed by atoms with Gasteiger partial charge in [0.2, 0.25) is 5.89 Å². The van der Waals surface area contributed by atoms with Crippen LogP contribution in [-0.2, 0) is 13.0 Å². The van der Waals surface area contributed by atoms with Crippen molar-refractivity contribution < 1.29 is 4.42 Å². The van der Waals surface area contributed by atoms with Crippen molar-refractivity contribution in [2.75, 3.05) is 13.1 Å². The van der Waals surface area contributed by atoms with Crippen LogP contribution in [0, 0.1) is 0 Å². The van der Waals surface area contributed by atoms with E-state index < -0.39 is 0 Å². The number of guanidine groups is 1. The molecule has 0 spiro atoms. The van der Waals surface area contributed by atoms with Gasteiger partial charge in [-0.3, -0.25) is 0 Å². The Morgan fingerprint density at radius 3 is 2.46 bits per heavy atom. The highest BCUT2D eigenvalue weighted by Crippen LogP contribution is 2.18. The number of aliphatic imine (C=N–C) groups is 1. The average Bonchev–Trinajstić information content (AvgIpc) is 3.17. The smallest absolute Gasteiger partial charge is 0.226 e. The Hall–Kier alpha value is -3.08. The molecule has 26 heavy (non-hydrogen) atoms. The predicted molar refractivity (Wildman–Crippen MR) is 105 cm³/mol. The number of nitrogens with one attached hydrogen (secondary N) is 2. The zero-order valence-corrected chi connectivity index (χ0v) is 15.0. The predicted octanol–water partition coefficient (Wildman–Crippen LogP) is 3.64. The van der Waals surface area contributed by atoms with Crippen molar-refractivity contribution in [1.82, 2.24) is 15.6 Å². The van der Waals surface area contributed by atoms with E-state index in [1.165, 1.54) is 5.56 Å². The monoisotopic (exact) mass is 348 g/mol. The van der Waals surface area contributed by atoms with E-state index in [0.29, 0.717) is 12.4 Å². The Kier molecular flexibility index (Phi) is 6.42. The molecule has 2 N–H and O–H groups in total. The lowest BCUT2D eigenvalue weighted by molar-refractivity contribution is 0.572. The van der Waals surface area contributed by atoms with Gasteiger partial charge in [-0.2, -0.15) is 0 Å². The number of rotatable bonds is 7. The van der Waals surface area contributed by atoms with Crippen LogP contribution in [0.5, 0.6) is 0 Å². The van der Waals surface area contributed by atoms with Gasteiger partial charge >= 0.3 is 0 Å². The molecule has 3 rings (SSSR count). The van der Waals surface area contributed by atoms with Crippen molar-refractivity contribution >= 4 is 5.96 Å². The Labute approximate surface area is 154 Å². The largest absolute Gasteiger partial charge is 0.444 e. The van der Waals surface area contributed by atoms with E-state index >= 15 is 0 Å². The highest BCUT2D eigenvalue weighted by atomic mass is 16.3. The Balaban J connectivity index is 1.56. The van der Waals surface area contributed by atoms with E-state index in [1.54, 1.807) is 6.26 Å². The van der Waals surface area contributed by atoms with Gasteiger partial charge in [-0.25, -0.2) is 9.98 Å². The van der Waals surface area contributed by atoms with Gasteiger partial charge in [0.05, 0.1) is 6.54 Å². The fourth-order valence-corrected chi connectivity index (χ4v) is 2.56. The molecule has 0 radical (unpaired) electrons. The third-order valence-electron chi connectivity index (χ3n) is 3.86. The summed E-state index contributed by atoms with van der Waals surface area (Å²) in [5.41, 5.74) is 3.08. The zero-order chi connectivity index (χ0) is 18.0. The number of benzene rings is 2. The third-order valence-corrected chi connectivity index (χ3v) is 3.86. The molecule has 0 aliphatic heterocycles. The van der Waals surface area contributed by atoms with Gasteiger partial charge in [0.25, 0.3) is 0 Å². The number of hydrogen-bond donors (Lipinski definition) is 2. The van der Waals surface area contributed by atoms with Crippen molar-refractivity contribution in [3.8, 4) is 11.5 Å². The second-order valence-electron chi connectivity index (χ2n) is 5.87. The van der Waals surface area contributed by atoms with E-state index in [1.807, 2.05) is 36.4 Å². The van der Waals surface area contributed by atoms with Gasteiger partial charge < -0.3 is 15.1 Å². The number of oxazole rings is 1. The molecule has 134 valence electrons. The standard InChI is InChI=1S/C21H24N4O/c1-2-22-21(23-14-13-17-9-5-3-6-10-17)24-15-19-16-26-20(25-19)18-11-7-4-8-12-18/h3-12,16H,2,13-15H2,1H3,(H2,22,23,24). The van der Waals surface area contributed by atoms with E-state index in [9.17, 15) is 0 Å². The summed E-state index contributed by atoms with van der Waals surface area (Å²) in [5.74, 6) is 1.41. The maximum atomic E-state index is 5.56. The summed E-state index contributed by atoms with van der Waals surface area (Å²) in [7, 11) is 0. The Morgan fingerprint density at radius 2 is 1.73 bits per heavy atom. The fraction of sp³-hybridized carbons (Fsp3) is 0.238. The van der Waals surface area contributed by atoms with Crippen molar-refractivity contribution in [2.45, 2.75) is 19.9 Å². The second kappa shape index (κ2) is 9.42. The van der Waals surface area contributed by atoms with Gasteiger partial charge in [-0.15, -0.1) is 0 Å². The topological polar surface area (TPSA) is 62.5 Å². The third kappa shape index (κ3) is 5.21. The first-order valence-electron chi connectivity index (χ1n) is 8.91.